The first-order valence-corrected chi connectivity index (χ1v) is 13.5. The van der Waals surface area contributed by atoms with E-state index in [4.69, 9.17) is 9.47 Å². The van der Waals surface area contributed by atoms with Crippen LogP contribution in [-0.2, 0) is 23.1 Å². The molecular weight excluding hydrogens is 491 g/mol. The Morgan fingerprint density at radius 2 is 2.00 bits per heavy atom. The lowest BCUT2D eigenvalue weighted by atomic mass is 10.1. The van der Waals surface area contributed by atoms with E-state index in [1.807, 2.05) is 17.8 Å². The number of carbonyl (C=O) groups is 1. The number of hydrogen-bond donors (Lipinski definition) is 2. The lowest BCUT2D eigenvalue weighted by molar-refractivity contribution is -0.116. The minimum atomic E-state index is -1.27. The van der Waals surface area contributed by atoms with Gasteiger partial charge >= 0.3 is 0 Å². The summed E-state index contributed by atoms with van der Waals surface area (Å²) in [4.78, 5) is 21.8. The smallest absolute Gasteiger partial charge is 0.256 e. The summed E-state index contributed by atoms with van der Waals surface area (Å²) in [7, 11) is 1.92. The third kappa shape index (κ3) is 9.43. The predicted octanol–water partition coefficient (Wildman–Crippen LogP) is 2.47. The number of hydrogen-bond acceptors (Lipinski definition) is 7. The highest BCUT2D eigenvalue weighted by atomic mass is 19.1. The van der Waals surface area contributed by atoms with Crippen molar-refractivity contribution in [1.82, 2.24) is 19.4 Å². The molecule has 1 aliphatic rings. The van der Waals surface area contributed by atoms with Crippen molar-refractivity contribution in [2.24, 2.45) is 13.0 Å². The predicted molar refractivity (Wildman–Crippen MR) is 142 cm³/mol. The molecule has 212 valence electrons. The van der Waals surface area contributed by atoms with Crippen molar-refractivity contribution >= 4 is 5.91 Å². The Morgan fingerprint density at radius 1 is 1.21 bits per heavy atom. The summed E-state index contributed by atoms with van der Waals surface area (Å²) in [5, 5.41) is 21.6. The fraction of sp³-hybridized carbons (Fsp3) is 0.643. The van der Waals surface area contributed by atoms with Gasteiger partial charge in [-0.3, -0.25) is 9.69 Å². The molecule has 38 heavy (non-hydrogen) atoms. The highest BCUT2D eigenvalue weighted by Crippen LogP contribution is 2.16. The summed E-state index contributed by atoms with van der Waals surface area (Å²) in [6, 6.07) is 5.89. The van der Waals surface area contributed by atoms with Gasteiger partial charge in [-0.1, -0.05) is 26.0 Å². The quantitative estimate of drug-likeness (QED) is 0.563. The van der Waals surface area contributed by atoms with Crippen LogP contribution >= 0.6 is 0 Å². The molecule has 1 amide bonds. The molecule has 0 bridgehead atoms. The van der Waals surface area contributed by atoms with Crippen LogP contribution in [0.25, 0.3) is 0 Å². The molecule has 2 N–H and O–H groups in total. The second-order valence-corrected chi connectivity index (χ2v) is 10.5. The van der Waals surface area contributed by atoms with Crippen LogP contribution in [0.3, 0.4) is 0 Å². The molecule has 0 aliphatic carbocycles. The first kappa shape index (κ1) is 30.2. The monoisotopic (exact) mass is 534 g/mol. The zero-order chi connectivity index (χ0) is 27.5. The zero-order valence-corrected chi connectivity index (χ0v) is 22.8. The second-order valence-electron chi connectivity index (χ2n) is 10.5. The van der Waals surface area contributed by atoms with Crippen molar-refractivity contribution in [2.45, 2.75) is 58.0 Å². The van der Waals surface area contributed by atoms with E-state index in [0.717, 1.165) is 31.5 Å². The Hall–Kier alpha value is -2.37. The largest absolute Gasteiger partial charge is 0.388 e. The third-order valence-corrected chi connectivity index (χ3v) is 6.73. The maximum atomic E-state index is 14.6. The molecule has 0 unspecified atom stereocenters. The van der Waals surface area contributed by atoms with E-state index in [1.165, 1.54) is 17.0 Å². The SMILES string of the molecule is CC(C)CCO[C@@H]1CN(C(=O)c2ccccc2F)CCN(Cc2cn(C)cn2)CCCCOC[C@@H](O)[C@H]1O. The van der Waals surface area contributed by atoms with Gasteiger partial charge in [0.15, 0.2) is 0 Å². The molecule has 0 spiro atoms. The van der Waals surface area contributed by atoms with E-state index >= 15 is 0 Å². The van der Waals surface area contributed by atoms with Gasteiger partial charge in [0.1, 0.15) is 24.1 Å². The van der Waals surface area contributed by atoms with Crippen LogP contribution in [-0.4, -0.2) is 99.8 Å². The van der Waals surface area contributed by atoms with Crippen molar-refractivity contribution in [3.05, 3.63) is 53.9 Å². The number of aliphatic hydroxyl groups excluding tert-OH is 2. The molecule has 1 saturated heterocycles. The summed E-state index contributed by atoms with van der Waals surface area (Å²) in [6.45, 7) is 7.13. The van der Waals surface area contributed by atoms with Crippen molar-refractivity contribution in [3.63, 3.8) is 0 Å². The van der Waals surface area contributed by atoms with Crippen LogP contribution in [0.4, 0.5) is 4.39 Å². The van der Waals surface area contributed by atoms with Crippen LogP contribution in [0.5, 0.6) is 0 Å². The number of amides is 1. The van der Waals surface area contributed by atoms with Gasteiger partial charge in [0, 0.05) is 52.6 Å². The Bertz CT molecular complexity index is 988. The lowest BCUT2D eigenvalue weighted by Crippen LogP contribution is -2.50. The van der Waals surface area contributed by atoms with Gasteiger partial charge in [0.05, 0.1) is 24.2 Å². The fourth-order valence-corrected chi connectivity index (χ4v) is 4.41. The zero-order valence-electron chi connectivity index (χ0n) is 22.8. The summed E-state index contributed by atoms with van der Waals surface area (Å²) < 4.78 is 28.2. The van der Waals surface area contributed by atoms with Crippen LogP contribution in [0.1, 0.15) is 49.2 Å². The number of ether oxygens (including phenoxy) is 2. The van der Waals surface area contributed by atoms with Crippen LogP contribution in [0, 0.1) is 11.7 Å². The first-order chi connectivity index (χ1) is 18.2. The fourth-order valence-electron chi connectivity index (χ4n) is 4.41. The Labute approximate surface area is 225 Å². The second kappa shape index (κ2) is 15.3. The molecule has 0 saturated carbocycles. The van der Waals surface area contributed by atoms with E-state index in [1.54, 1.807) is 18.5 Å². The molecule has 1 aromatic carbocycles. The average molecular weight is 535 g/mol. The summed E-state index contributed by atoms with van der Waals surface area (Å²) in [5.41, 5.74) is 0.884. The van der Waals surface area contributed by atoms with Gasteiger partial charge in [-0.25, -0.2) is 9.37 Å². The number of nitrogens with zero attached hydrogens (tertiary/aromatic N) is 4. The first-order valence-electron chi connectivity index (χ1n) is 13.5. The van der Waals surface area contributed by atoms with Crippen molar-refractivity contribution in [1.29, 1.82) is 0 Å². The summed E-state index contributed by atoms with van der Waals surface area (Å²) in [6.07, 6.45) is 2.81. The van der Waals surface area contributed by atoms with Crippen molar-refractivity contribution in [2.75, 3.05) is 46.0 Å². The summed E-state index contributed by atoms with van der Waals surface area (Å²) >= 11 is 0. The number of halogens is 1. The van der Waals surface area contributed by atoms with Crippen LogP contribution < -0.4 is 0 Å². The Morgan fingerprint density at radius 3 is 2.71 bits per heavy atom. The molecule has 3 atom stereocenters. The van der Waals surface area contributed by atoms with Gasteiger partial charge in [-0.2, -0.15) is 0 Å². The molecule has 1 fully saturated rings. The van der Waals surface area contributed by atoms with E-state index in [-0.39, 0.29) is 18.7 Å². The Balaban J connectivity index is 1.86. The number of aryl methyl sites for hydroxylation is 1. The van der Waals surface area contributed by atoms with Gasteiger partial charge < -0.3 is 29.2 Å². The molecule has 3 rings (SSSR count). The van der Waals surface area contributed by atoms with Crippen molar-refractivity contribution in [3.8, 4) is 0 Å². The molecule has 1 aromatic heterocycles. The summed E-state index contributed by atoms with van der Waals surface area (Å²) in [5.74, 6) is -0.702. The highest BCUT2D eigenvalue weighted by molar-refractivity contribution is 5.94. The van der Waals surface area contributed by atoms with E-state index < -0.39 is 30.0 Å². The number of benzene rings is 1. The van der Waals surface area contributed by atoms with Gasteiger partial charge in [0.2, 0.25) is 0 Å². The normalized spacial score (nSPS) is 22.9. The number of carbonyl (C=O) groups excluding carboxylic acids is 1. The van der Waals surface area contributed by atoms with Gasteiger partial charge in [0.25, 0.3) is 5.91 Å². The Kier molecular flexibility index (Phi) is 12.1. The number of aliphatic hydroxyl groups is 2. The molecule has 1 aliphatic heterocycles. The standard InChI is InChI=1S/C28H43FN4O5/c1-21(2)10-15-38-26-18-33(28(36)23-8-4-5-9-24(23)29)13-12-32(17-22-16-31(3)20-30-22)11-6-7-14-37-19-25(34)27(26)35/h4-5,8-9,16,20-21,25-27,34-35H,6-7,10-15,17-19H2,1-3H3/t25-,26-,27-/m1/s1. The minimum Gasteiger partial charge on any atom is -0.388 e. The number of imidazole rings is 1. The van der Waals surface area contributed by atoms with E-state index in [2.05, 4.69) is 23.7 Å². The maximum Gasteiger partial charge on any atom is 0.256 e. The number of rotatable bonds is 7. The van der Waals surface area contributed by atoms with Gasteiger partial charge in [-0.15, -0.1) is 0 Å². The molecule has 9 nitrogen and oxygen atoms in total. The molecular formula is C28H43FN4O5. The van der Waals surface area contributed by atoms with Crippen LogP contribution in [0.2, 0.25) is 0 Å². The maximum absolute atomic E-state index is 14.6. The third-order valence-electron chi connectivity index (χ3n) is 6.73. The molecule has 0 radical (unpaired) electrons. The van der Waals surface area contributed by atoms with E-state index in [9.17, 15) is 19.4 Å². The highest BCUT2D eigenvalue weighted by Gasteiger charge is 2.32. The van der Waals surface area contributed by atoms with Crippen LogP contribution in [0.15, 0.2) is 36.8 Å². The van der Waals surface area contributed by atoms with Gasteiger partial charge in [-0.05, 0) is 43.9 Å². The number of aromatic nitrogens is 2. The minimum absolute atomic E-state index is 0.000909. The van der Waals surface area contributed by atoms with E-state index in [0.29, 0.717) is 38.8 Å². The average Bonchev–Trinajstić information content (AvgIpc) is 3.30. The molecule has 10 heteroatoms. The lowest BCUT2D eigenvalue weighted by Gasteiger charge is -2.34. The molecule has 2 aromatic rings. The topological polar surface area (TPSA) is 100 Å². The molecule has 2 heterocycles. The van der Waals surface area contributed by atoms with Crippen molar-refractivity contribution < 1.29 is 28.9 Å².